The van der Waals surface area contributed by atoms with E-state index in [1.165, 1.54) is 0 Å². The van der Waals surface area contributed by atoms with E-state index in [-0.39, 0.29) is 0 Å². The average Bonchev–Trinajstić information content (AvgIpc) is 2.28. The van der Waals surface area contributed by atoms with Gasteiger partial charge in [-0.3, -0.25) is 9.97 Å². The quantitative estimate of drug-likeness (QED) is 0.127. The topological polar surface area (TPSA) is 303 Å². The first-order valence-electron chi connectivity index (χ1n) is 27.0. The molecule has 0 spiro atoms. The molecule has 0 saturated heterocycles. The number of hydrogen-bond acceptors (Lipinski definition) is 21. The Balaban J connectivity index is 0.000000164. The fraction of sp³-hybridized carbons (Fsp3) is 0.349. The van der Waals surface area contributed by atoms with Gasteiger partial charge in [0.2, 0.25) is 0 Å². The molecule has 0 amide bonds. The highest BCUT2D eigenvalue weighted by Gasteiger charge is 2.17. The van der Waals surface area contributed by atoms with Gasteiger partial charge in [0.1, 0.15) is 28.5 Å². The van der Waals surface area contributed by atoms with Gasteiger partial charge >= 0.3 is 0 Å². The summed E-state index contributed by atoms with van der Waals surface area (Å²) < 4.78 is 0. The Hall–Kier alpha value is -10.1. The molecule has 9 aromatic heterocycles. The van der Waals surface area contributed by atoms with Crippen molar-refractivity contribution in [2.45, 2.75) is 152 Å². The van der Waals surface area contributed by atoms with Crippen LogP contribution in [0, 0.1) is 186 Å². The Kier molecular flexibility index (Phi) is 20.0. The zero-order valence-electron chi connectivity index (χ0n) is 52.1. The molecule has 0 unspecified atom stereocenters. The van der Waals surface area contributed by atoms with Gasteiger partial charge in [-0.1, -0.05) is 0 Å². The van der Waals surface area contributed by atoms with E-state index in [0.29, 0.717) is 56.0 Å². The molecular weight excluding hydrogens is 1050 g/mol. The predicted molar refractivity (Wildman–Crippen MR) is 325 cm³/mol. The fourth-order valence-corrected chi connectivity index (χ4v) is 8.30. The minimum absolute atomic E-state index is 0.439. The number of nitriles is 3. The Morgan fingerprint density at radius 1 is 0.202 bits per heavy atom. The number of pyridine rings is 1. The molecule has 11 rings (SSSR count). The summed E-state index contributed by atoms with van der Waals surface area (Å²) in [6.45, 7) is 42.1. The van der Waals surface area contributed by atoms with Crippen LogP contribution in [-0.2, 0) is 0 Å². The monoisotopic (exact) mass is 1120 g/mol. The molecule has 21 nitrogen and oxygen atoms in total. The van der Waals surface area contributed by atoms with E-state index in [9.17, 15) is 0 Å². The third-order valence-corrected chi connectivity index (χ3v) is 14.0. The van der Waals surface area contributed by atoms with Crippen LogP contribution in [0.25, 0.3) is 55.7 Å². The summed E-state index contributed by atoms with van der Waals surface area (Å²) in [6, 6.07) is 11.9. The van der Waals surface area contributed by atoms with E-state index in [2.05, 4.69) is 89.7 Å². The van der Waals surface area contributed by atoms with E-state index in [0.717, 1.165) is 142 Å². The summed E-state index contributed by atoms with van der Waals surface area (Å²) in [5.74, 6) is 2.38. The lowest BCUT2D eigenvalue weighted by Gasteiger charge is -2.10. The van der Waals surface area contributed by atoms with Crippen molar-refractivity contribution in [3.8, 4) is 18.2 Å². The summed E-state index contributed by atoms with van der Waals surface area (Å²) in [5.41, 5.74) is 26.1. The summed E-state index contributed by atoms with van der Waals surface area (Å²) >= 11 is 0. The second kappa shape index (κ2) is 26.7. The molecule has 0 fully saturated rings. The predicted octanol–water partition coefficient (Wildman–Crippen LogP) is 11.4. The second-order valence-electron chi connectivity index (χ2n) is 20.4. The minimum atomic E-state index is 0.439. The molecule has 0 saturated carbocycles. The zero-order valence-corrected chi connectivity index (χ0v) is 52.1. The molecule has 84 heavy (non-hydrogen) atoms. The normalized spacial score (nSPS) is 10.5. The van der Waals surface area contributed by atoms with Crippen molar-refractivity contribution in [2.75, 3.05) is 0 Å². The van der Waals surface area contributed by atoms with Crippen molar-refractivity contribution in [1.82, 2.24) is 89.7 Å². The molecule has 2 aromatic carbocycles. The maximum atomic E-state index is 8.96. The lowest BCUT2D eigenvalue weighted by molar-refractivity contribution is 0.875. The highest BCUT2D eigenvalue weighted by atomic mass is 15.0. The first kappa shape index (κ1) is 63.1. The molecule has 0 aliphatic rings. The summed E-state index contributed by atoms with van der Waals surface area (Å²) in [5, 5.41) is 26.9. The second-order valence-corrected chi connectivity index (χ2v) is 20.4. The van der Waals surface area contributed by atoms with Gasteiger partial charge in [0.25, 0.3) is 0 Å². The lowest BCUT2D eigenvalue weighted by Crippen LogP contribution is -2.01. The van der Waals surface area contributed by atoms with Gasteiger partial charge in [-0.2, -0.15) is 15.8 Å². The van der Waals surface area contributed by atoms with Crippen LogP contribution in [0.4, 0.5) is 0 Å². The fourth-order valence-electron chi connectivity index (χ4n) is 8.30. The van der Waals surface area contributed by atoms with E-state index >= 15 is 0 Å². The van der Waals surface area contributed by atoms with Crippen LogP contribution < -0.4 is 0 Å². The summed E-state index contributed by atoms with van der Waals surface area (Å²) in [7, 11) is 0. The van der Waals surface area contributed by atoms with Crippen LogP contribution in [0.1, 0.15) is 142 Å². The van der Waals surface area contributed by atoms with Crippen LogP contribution in [0.3, 0.4) is 0 Å². The van der Waals surface area contributed by atoms with Gasteiger partial charge in [-0.05, 0) is 187 Å². The molecule has 11 aromatic rings. The molecule has 0 N–H and O–H groups in total. The van der Waals surface area contributed by atoms with Gasteiger partial charge in [0.15, 0.2) is 22.6 Å². The van der Waals surface area contributed by atoms with Crippen molar-refractivity contribution in [3.63, 3.8) is 0 Å². The molecule has 9 heterocycles. The number of hydrogen-bond donors (Lipinski definition) is 0. The molecule has 0 radical (unpaired) electrons. The number of benzene rings is 2. The third-order valence-electron chi connectivity index (χ3n) is 14.0. The largest absolute Gasteiger partial charge is 0.255 e. The van der Waals surface area contributed by atoms with Crippen LogP contribution in [0.15, 0.2) is 18.2 Å². The summed E-state index contributed by atoms with van der Waals surface area (Å²) in [6.07, 6.45) is 0. The van der Waals surface area contributed by atoms with Crippen LogP contribution in [0.2, 0.25) is 0 Å². The number of aryl methyl sites for hydroxylation is 19. The molecule has 0 bridgehead atoms. The highest BCUT2D eigenvalue weighted by molar-refractivity contribution is 5.91. The molecule has 0 aliphatic heterocycles. The zero-order chi connectivity index (χ0) is 62.2. The smallest absolute Gasteiger partial charge is 0.198 e. The molecule has 0 aliphatic carbocycles. The van der Waals surface area contributed by atoms with Gasteiger partial charge in [-0.15, -0.1) is 0 Å². The average molecular weight is 1120 g/mol. The Labute approximate surface area is 489 Å². The maximum Gasteiger partial charge on any atom is 0.198 e. The van der Waals surface area contributed by atoms with Crippen LogP contribution in [-0.4, -0.2) is 89.7 Å². The minimum Gasteiger partial charge on any atom is -0.255 e. The SMILES string of the molecule is Cc1c(C#N)c(C)c(C#N)c(C)c1C#N.Cc1nc(C)c(C)nc1C.Cc1nc(C)nc(C)n1.Cc1nc2cc3nc(C)c(C)nc3cc2nc1C.Cc1nc2cc3nc(C)c(C)nc3nc2nc1C.Cc1nc2nc(C)c(C)nc2nc1C. The van der Waals surface area contributed by atoms with Crippen LogP contribution in [0.5, 0.6) is 0 Å². The third kappa shape index (κ3) is 14.9. The van der Waals surface area contributed by atoms with E-state index < -0.39 is 0 Å². The Morgan fingerprint density at radius 2 is 0.381 bits per heavy atom. The van der Waals surface area contributed by atoms with E-state index in [1.807, 2.05) is 168 Å². The standard InChI is InChI=1S/C14H14N4.C13H13N5.C12H9N3.C10H12N4.C8H12N2.C6H9N3/c1-7-8(2)16-12-6-14-13(5-11(12)15-7)17-9(3)10(4)18-14;1-6-8(3)16-12-10(14-6)5-11-13(18-12)17-9(4)7(2)15-11;1-7-10(4-13)8(2)12(6-15)9(3)11(7)5-14;1-5-6(2)12-10-9(11-5)13-7(3)8(4)14-10;1-5-6(2)10-8(4)7(3)9-5;1-4-7-5(2)9-6(3)8-4/h5-6H,1-4H3;5H,1-4H3;1-3H3;1-4H3;1-4H3;1-3H3. The van der Waals surface area contributed by atoms with Gasteiger partial charge in [-0.25, -0.2) is 79.7 Å². The molecule has 426 valence electrons. The van der Waals surface area contributed by atoms with Crippen molar-refractivity contribution < 1.29 is 0 Å². The lowest BCUT2D eigenvalue weighted by atomic mass is 9.90. The molecule has 0 atom stereocenters. The first-order chi connectivity index (χ1) is 39.5. The number of fused-ring (bicyclic) bond motifs is 5. The van der Waals surface area contributed by atoms with E-state index in [4.69, 9.17) is 15.8 Å². The molecular formula is C63H69N21. The first-order valence-corrected chi connectivity index (χ1v) is 27.0. The number of nitrogens with zero attached hydrogens (tertiary/aromatic N) is 21. The van der Waals surface area contributed by atoms with Crippen LogP contribution >= 0.6 is 0 Å². The van der Waals surface area contributed by atoms with Gasteiger partial charge in [0.05, 0.1) is 148 Å². The van der Waals surface area contributed by atoms with Crippen molar-refractivity contribution in [2.24, 2.45) is 0 Å². The number of rotatable bonds is 0. The van der Waals surface area contributed by atoms with Gasteiger partial charge < -0.3 is 0 Å². The Bertz CT molecular complexity index is 3830. The highest BCUT2D eigenvalue weighted by Crippen LogP contribution is 2.26. The van der Waals surface area contributed by atoms with Crippen molar-refractivity contribution >= 4 is 55.7 Å². The molecule has 21 heteroatoms. The van der Waals surface area contributed by atoms with Crippen molar-refractivity contribution in [3.05, 3.63) is 160 Å². The number of aromatic nitrogens is 18. The van der Waals surface area contributed by atoms with Gasteiger partial charge in [0, 0.05) is 0 Å². The van der Waals surface area contributed by atoms with Crippen molar-refractivity contribution in [1.29, 1.82) is 15.8 Å². The Morgan fingerprint density at radius 3 is 0.607 bits per heavy atom. The maximum absolute atomic E-state index is 8.96. The van der Waals surface area contributed by atoms with E-state index in [1.54, 1.807) is 20.8 Å². The summed E-state index contributed by atoms with van der Waals surface area (Å²) in [4.78, 5) is 78.5.